The minimum absolute atomic E-state index is 0.0230. The summed E-state index contributed by atoms with van der Waals surface area (Å²) in [6, 6.07) is 7.68. The van der Waals surface area contributed by atoms with Gasteiger partial charge in [0.05, 0.1) is 6.10 Å². The van der Waals surface area contributed by atoms with Crippen LogP contribution >= 0.6 is 0 Å². The summed E-state index contributed by atoms with van der Waals surface area (Å²) >= 11 is 0. The minimum atomic E-state index is 0.0230. The maximum atomic E-state index is 12.1. The van der Waals surface area contributed by atoms with Gasteiger partial charge >= 0.3 is 0 Å². The Labute approximate surface area is 121 Å². The molecule has 1 N–H and O–H groups in total. The number of nitrogens with one attached hydrogen (secondary N) is 1. The first-order valence-electron chi connectivity index (χ1n) is 7.29. The summed E-state index contributed by atoms with van der Waals surface area (Å²) in [5.41, 5.74) is 1.79. The highest BCUT2D eigenvalue weighted by Gasteiger charge is 2.18. The highest BCUT2D eigenvalue weighted by molar-refractivity contribution is 5.95. The number of benzene rings is 1. The molecule has 1 aromatic rings. The predicted molar refractivity (Wildman–Crippen MR) is 80.0 cm³/mol. The summed E-state index contributed by atoms with van der Waals surface area (Å²) in [5, 5.41) is 3.00. The molecule has 20 heavy (non-hydrogen) atoms. The van der Waals surface area contributed by atoms with Crippen LogP contribution in [0.2, 0.25) is 0 Å². The number of hydrogen-bond donors (Lipinski definition) is 1. The number of methoxy groups -OCH3 is 1. The van der Waals surface area contributed by atoms with Crippen LogP contribution in [-0.4, -0.2) is 50.2 Å². The summed E-state index contributed by atoms with van der Waals surface area (Å²) in [7, 11) is 1.78. The lowest BCUT2D eigenvalue weighted by molar-refractivity contribution is 0.0413. The van der Waals surface area contributed by atoms with Crippen LogP contribution < -0.4 is 5.32 Å². The first-order chi connectivity index (χ1) is 9.70. The van der Waals surface area contributed by atoms with Gasteiger partial charge in [0, 0.05) is 38.9 Å². The number of carbonyl (C=O) groups excluding carboxylic acids is 1. The Morgan fingerprint density at radius 1 is 1.35 bits per heavy atom. The van der Waals surface area contributed by atoms with Gasteiger partial charge in [-0.25, -0.2) is 0 Å². The molecule has 1 saturated heterocycles. The van der Waals surface area contributed by atoms with Crippen molar-refractivity contribution >= 4 is 5.91 Å². The Morgan fingerprint density at radius 2 is 2.05 bits per heavy atom. The lowest BCUT2D eigenvalue weighted by Crippen LogP contribution is -2.41. The molecular weight excluding hydrogens is 252 g/mol. The Balaban J connectivity index is 1.71. The highest BCUT2D eigenvalue weighted by Crippen LogP contribution is 2.12. The third-order valence-electron chi connectivity index (χ3n) is 3.97. The molecule has 1 fully saturated rings. The molecule has 2 rings (SSSR count). The van der Waals surface area contributed by atoms with Crippen LogP contribution in [0, 0.1) is 6.92 Å². The van der Waals surface area contributed by atoms with Crippen molar-refractivity contribution in [2.75, 3.05) is 33.3 Å². The van der Waals surface area contributed by atoms with Crippen LogP contribution in [0.25, 0.3) is 0 Å². The second-order valence-electron chi connectivity index (χ2n) is 5.35. The second-order valence-corrected chi connectivity index (χ2v) is 5.35. The van der Waals surface area contributed by atoms with Crippen molar-refractivity contribution in [3.05, 3.63) is 35.4 Å². The number of likely N-dealkylation sites (tertiary alicyclic amines) is 1. The number of piperidine rings is 1. The van der Waals surface area contributed by atoms with Gasteiger partial charge in [-0.15, -0.1) is 0 Å². The van der Waals surface area contributed by atoms with E-state index in [0.29, 0.717) is 12.6 Å². The molecule has 0 radical (unpaired) electrons. The van der Waals surface area contributed by atoms with Crippen molar-refractivity contribution in [1.82, 2.24) is 10.2 Å². The smallest absolute Gasteiger partial charge is 0.251 e. The van der Waals surface area contributed by atoms with Gasteiger partial charge < -0.3 is 15.0 Å². The van der Waals surface area contributed by atoms with E-state index in [1.54, 1.807) is 7.11 Å². The Hall–Kier alpha value is -1.39. The molecule has 0 bridgehead atoms. The topological polar surface area (TPSA) is 41.6 Å². The number of carbonyl (C=O) groups is 1. The summed E-state index contributed by atoms with van der Waals surface area (Å²) in [5.74, 6) is 0.0230. The second kappa shape index (κ2) is 7.41. The average molecular weight is 276 g/mol. The van der Waals surface area contributed by atoms with Gasteiger partial charge in [0.25, 0.3) is 5.91 Å². The van der Waals surface area contributed by atoms with Crippen LogP contribution in [-0.2, 0) is 4.74 Å². The summed E-state index contributed by atoms with van der Waals surface area (Å²) in [6.07, 6.45) is 2.58. The van der Waals surface area contributed by atoms with Crippen LogP contribution in [0.15, 0.2) is 24.3 Å². The van der Waals surface area contributed by atoms with Gasteiger partial charge in [-0.2, -0.15) is 0 Å². The standard InChI is InChI=1S/C16H24N2O2/c1-13-5-3-4-6-15(13)16(19)17-9-12-18-10-7-14(20-2)8-11-18/h3-6,14H,7-12H2,1-2H3,(H,17,19). The van der Waals surface area contributed by atoms with Crippen molar-refractivity contribution in [3.8, 4) is 0 Å². The fourth-order valence-electron chi connectivity index (χ4n) is 2.62. The molecular formula is C16H24N2O2. The van der Waals surface area contributed by atoms with E-state index in [0.717, 1.165) is 43.6 Å². The molecule has 0 atom stereocenters. The first kappa shape index (κ1) is 15.0. The van der Waals surface area contributed by atoms with E-state index in [9.17, 15) is 4.79 Å². The molecule has 4 nitrogen and oxygen atoms in total. The van der Waals surface area contributed by atoms with E-state index < -0.39 is 0 Å². The monoisotopic (exact) mass is 276 g/mol. The lowest BCUT2D eigenvalue weighted by atomic mass is 10.1. The van der Waals surface area contributed by atoms with Crippen LogP contribution in [0.5, 0.6) is 0 Å². The fraction of sp³-hybridized carbons (Fsp3) is 0.562. The Kier molecular flexibility index (Phi) is 5.56. The van der Waals surface area contributed by atoms with Crippen molar-refractivity contribution in [3.63, 3.8) is 0 Å². The molecule has 4 heteroatoms. The molecule has 110 valence electrons. The van der Waals surface area contributed by atoms with Gasteiger partial charge in [-0.1, -0.05) is 18.2 Å². The van der Waals surface area contributed by atoms with Crippen LogP contribution in [0.1, 0.15) is 28.8 Å². The predicted octanol–water partition coefficient (Wildman–Crippen LogP) is 1.84. The molecule has 1 aromatic carbocycles. The first-order valence-corrected chi connectivity index (χ1v) is 7.29. The molecule has 0 aliphatic carbocycles. The van der Waals surface area contributed by atoms with Gasteiger partial charge in [0.15, 0.2) is 0 Å². The summed E-state index contributed by atoms with van der Waals surface area (Å²) in [6.45, 7) is 5.68. The largest absolute Gasteiger partial charge is 0.381 e. The molecule has 1 aliphatic heterocycles. The molecule has 1 amide bonds. The third-order valence-corrected chi connectivity index (χ3v) is 3.97. The Bertz CT molecular complexity index is 440. The molecule has 1 heterocycles. The normalized spacial score (nSPS) is 17.1. The number of ether oxygens (including phenoxy) is 1. The molecule has 0 spiro atoms. The maximum Gasteiger partial charge on any atom is 0.251 e. The molecule has 1 aliphatic rings. The zero-order chi connectivity index (χ0) is 14.4. The molecule has 0 unspecified atom stereocenters. The number of rotatable bonds is 5. The number of amides is 1. The number of nitrogens with zero attached hydrogens (tertiary/aromatic N) is 1. The van der Waals surface area contributed by atoms with Gasteiger partial charge in [0.2, 0.25) is 0 Å². The van der Waals surface area contributed by atoms with Gasteiger partial charge in [-0.3, -0.25) is 4.79 Å². The highest BCUT2D eigenvalue weighted by atomic mass is 16.5. The minimum Gasteiger partial charge on any atom is -0.381 e. The van der Waals surface area contributed by atoms with Crippen molar-refractivity contribution in [2.24, 2.45) is 0 Å². The average Bonchev–Trinajstić information content (AvgIpc) is 2.48. The van der Waals surface area contributed by atoms with E-state index >= 15 is 0 Å². The van der Waals surface area contributed by atoms with E-state index in [1.165, 1.54) is 0 Å². The van der Waals surface area contributed by atoms with E-state index in [2.05, 4.69) is 10.2 Å². The van der Waals surface area contributed by atoms with Crippen molar-refractivity contribution < 1.29 is 9.53 Å². The lowest BCUT2D eigenvalue weighted by Gasteiger charge is -2.31. The van der Waals surface area contributed by atoms with Crippen LogP contribution in [0.4, 0.5) is 0 Å². The zero-order valence-electron chi connectivity index (χ0n) is 12.4. The van der Waals surface area contributed by atoms with Crippen molar-refractivity contribution in [2.45, 2.75) is 25.9 Å². The van der Waals surface area contributed by atoms with Gasteiger partial charge in [0.1, 0.15) is 0 Å². The van der Waals surface area contributed by atoms with Gasteiger partial charge in [-0.05, 0) is 31.4 Å². The van der Waals surface area contributed by atoms with E-state index in [1.807, 2.05) is 31.2 Å². The zero-order valence-corrected chi connectivity index (χ0v) is 12.4. The van der Waals surface area contributed by atoms with Crippen molar-refractivity contribution in [1.29, 1.82) is 0 Å². The van der Waals surface area contributed by atoms with Crippen LogP contribution in [0.3, 0.4) is 0 Å². The SMILES string of the molecule is COC1CCN(CCNC(=O)c2ccccc2C)CC1. The summed E-state index contributed by atoms with van der Waals surface area (Å²) < 4.78 is 5.36. The quantitative estimate of drug-likeness (QED) is 0.892. The van der Waals surface area contributed by atoms with E-state index in [4.69, 9.17) is 4.74 Å². The fourth-order valence-corrected chi connectivity index (χ4v) is 2.62. The number of hydrogen-bond acceptors (Lipinski definition) is 3. The number of aryl methyl sites for hydroxylation is 1. The molecule has 0 aromatic heterocycles. The van der Waals surface area contributed by atoms with E-state index in [-0.39, 0.29) is 5.91 Å². The summed E-state index contributed by atoms with van der Waals surface area (Å²) in [4.78, 5) is 14.4. The maximum absolute atomic E-state index is 12.1. The Morgan fingerprint density at radius 3 is 2.70 bits per heavy atom. The third kappa shape index (κ3) is 4.05. The molecule has 0 saturated carbocycles.